The predicted molar refractivity (Wildman–Crippen MR) is 100 cm³/mol. The van der Waals surface area contributed by atoms with Gasteiger partial charge in [-0.05, 0) is 30.3 Å². The standard InChI is InChI=1S/C17H17BrN2O5S/c1-20(11-17(21)19-13-4-2-3-12(18)9-13)26(22,23)14-5-6-15-16(10-14)25-8-7-24-15/h2-6,9-10H,7-8,11H2,1H3,(H,19,21). The van der Waals surface area contributed by atoms with Crippen LogP contribution in [0.4, 0.5) is 5.69 Å². The first kappa shape index (κ1) is 18.7. The Labute approximate surface area is 160 Å². The maximum Gasteiger partial charge on any atom is 0.243 e. The molecule has 2 aromatic rings. The van der Waals surface area contributed by atoms with E-state index in [2.05, 4.69) is 21.2 Å². The molecule has 1 amide bonds. The minimum absolute atomic E-state index is 0.0412. The zero-order valence-corrected chi connectivity index (χ0v) is 16.3. The van der Waals surface area contributed by atoms with E-state index < -0.39 is 15.9 Å². The molecule has 0 saturated carbocycles. The van der Waals surface area contributed by atoms with Crippen molar-refractivity contribution in [2.75, 3.05) is 32.1 Å². The Kier molecular flexibility index (Phi) is 5.49. The summed E-state index contributed by atoms with van der Waals surface area (Å²) in [6.45, 7) is 0.472. The second-order valence-electron chi connectivity index (χ2n) is 5.63. The molecule has 1 N–H and O–H groups in total. The number of likely N-dealkylation sites (N-methyl/N-ethyl adjacent to an activating group) is 1. The first-order valence-corrected chi connectivity index (χ1v) is 10.0. The number of amides is 1. The van der Waals surface area contributed by atoms with Crippen molar-refractivity contribution in [1.82, 2.24) is 4.31 Å². The molecular formula is C17H17BrN2O5S. The minimum Gasteiger partial charge on any atom is -0.486 e. The Morgan fingerprint density at radius 1 is 1.15 bits per heavy atom. The molecule has 9 heteroatoms. The fourth-order valence-electron chi connectivity index (χ4n) is 2.42. The van der Waals surface area contributed by atoms with E-state index in [1.165, 1.54) is 19.2 Å². The number of sulfonamides is 1. The highest BCUT2D eigenvalue weighted by Gasteiger charge is 2.25. The van der Waals surface area contributed by atoms with E-state index in [9.17, 15) is 13.2 Å². The first-order valence-electron chi connectivity index (χ1n) is 7.78. The van der Waals surface area contributed by atoms with Gasteiger partial charge in [0.15, 0.2) is 11.5 Å². The molecule has 138 valence electrons. The van der Waals surface area contributed by atoms with E-state index in [0.717, 1.165) is 8.78 Å². The molecule has 0 atom stereocenters. The number of carbonyl (C=O) groups is 1. The molecule has 7 nitrogen and oxygen atoms in total. The molecule has 0 saturated heterocycles. The Morgan fingerprint density at radius 2 is 1.88 bits per heavy atom. The van der Waals surface area contributed by atoms with Crippen LogP contribution in [0.25, 0.3) is 0 Å². The van der Waals surface area contributed by atoms with Crippen LogP contribution in [0, 0.1) is 0 Å². The molecule has 0 aliphatic carbocycles. The SMILES string of the molecule is CN(CC(=O)Nc1cccc(Br)c1)S(=O)(=O)c1ccc2c(c1)OCCO2. The first-order chi connectivity index (χ1) is 12.4. The number of halogens is 1. The van der Waals surface area contributed by atoms with Crippen molar-refractivity contribution in [3.05, 3.63) is 46.9 Å². The molecule has 26 heavy (non-hydrogen) atoms. The summed E-state index contributed by atoms with van der Waals surface area (Å²) in [4.78, 5) is 12.2. The van der Waals surface area contributed by atoms with Crippen LogP contribution in [-0.2, 0) is 14.8 Å². The Balaban J connectivity index is 1.71. The Bertz CT molecular complexity index is 933. The number of benzene rings is 2. The largest absolute Gasteiger partial charge is 0.486 e. The molecule has 0 bridgehead atoms. The number of rotatable bonds is 5. The van der Waals surface area contributed by atoms with Gasteiger partial charge in [-0.15, -0.1) is 0 Å². The topological polar surface area (TPSA) is 84.9 Å². The fraction of sp³-hybridized carbons (Fsp3) is 0.235. The summed E-state index contributed by atoms with van der Waals surface area (Å²) in [6, 6.07) is 11.4. The van der Waals surface area contributed by atoms with Crippen LogP contribution in [0.1, 0.15) is 0 Å². The van der Waals surface area contributed by atoms with E-state index >= 15 is 0 Å². The highest BCUT2D eigenvalue weighted by molar-refractivity contribution is 9.10. The van der Waals surface area contributed by atoms with E-state index in [1.807, 2.05) is 6.07 Å². The average Bonchev–Trinajstić information content (AvgIpc) is 2.61. The van der Waals surface area contributed by atoms with Crippen LogP contribution in [-0.4, -0.2) is 45.4 Å². The Morgan fingerprint density at radius 3 is 2.62 bits per heavy atom. The number of carbonyl (C=O) groups excluding carboxylic acids is 1. The molecular weight excluding hydrogens is 424 g/mol. The highest BCUT2D eigenvalue weighted by Crippen LogP contribution is 2.32. The van der Waals surface area contributed by atoms with Gasteiger partial charge in [-0.3, -0.25) is 4.79 Å². The van der Waals surface area contributed by atoms with Gasteiger partial charge < -0.3 is 14.8 Å². The van der Waals surface area contributed by atoms with Gasteiger partial charge >= 0.3 is 0 Å². The summed E-state index contributed by atoms with van der Waals surface area (Å²) in [5, 5.41) is 2.67. The molecule has 1 heterocycles. The van der Waals surface area contributed by atoms with E-state index in [-0.39, 0.29) is 11.4 Å². The summed E-state index contributed by atoms with van der Waals surface area (Å²) in [7, 11) is -2.49. The summed E-state index contributed by atoms with van der Waals surface area (Å²) < 4.78 is 38.0. The van der Waals surface area contributed by atoms with Crippen molar-refractivity contribution < 1.29 is 22.7 Å². The molecule has 1 aliphatic heterocycles. The lowest BCUT2D eigenvalue weighted by molar-refractivity contribution is -0.116. The molecule has 0 unspecified atom stereocenters. The molecule has 3 rings (SSSR count). The average molecular weight is 441 g/mol. The lowest BCUT2D eigenvalue weighted by Crippen LogP contribution is -2.35. The third-order valence-corrected chi connectivity index (χ3v) is 5.99. The number of anilines is 1. The molecule has 1 aliphatic rings. The predicted octanol–water partition coefficient (Wildman–Crippen LogP) is 2.48. The van der Waals surface area contributed by atoms with Crippen LogP contribution in [0.3, 0.4) is 0 Å². The molecule has 0 aromatic heterocycles. The molecule has 0 radical (unpaired) electrons. The van der Waals surface area contributed by atoms with Gasteiger partial charge in [0.25, 0.3) is 0 Å². The van der Waals surface area contributed by atoms with Crippen LogP contribution in [0.2, 0.25) is 0 Å². The van der Waals surface area contributed by atoms with Crippen molar-refractivity contribution in [3.63, 3.8) is 0 Å². The maximum absolute atomic E-state index is 12.7. The fourth-order valence-corrected chi connectivity index (χ4v) is 3.96. The summed E-state index contributed by atoms with van der Waals surface area (Å²) >= 11 is 3.32. The van der Waals surface area contributed by atoms with Crippen LogP contribution in [0.5, 0.6) is 11.5 Å². The van der Waals surface area contributed by atoms with Crippen LogP contribution < -0.4 is 14.8 Å². The highest BCUT2D eigenvalue weighted by atomic mass is 79.9. The van der Waals surface area contributed by atoms with Crippen molar-refractivity contribution >= 4 is 37.5 Å². The van der Waals surface area contributed by atoms with E-state index in [1.54, 1.807) is 24.3 Å². The summed E-state index contributed by atoms with van der Waals surface area (Å²) in [6.07, 6.45) is 0. The van der Waals surface area contributed by atoms with Crippen LogP contribution >= 0.6 is 15.9 Å². The number of nitrogens with zero attached hydrogens (tertiary/aromatic N) is 1. The summed E-state index contributed by atoms with van der Waals surface area (Å²) in [5.74, 6) is 0.446. The normalized spacial score (nSPS) is 13.5. The number of ether oxygens (including phenoxy) is 2. The van der Waals surface area contributed by atoms with E-state index in [0.29, 0.717) is 30.4 Å². The van der Waals surface area contributed by atoms with E-state index in [4.69, 9.17) is 9.47 Å². The number of nitrogens with one attached hydrogen (secondary N) is 1. The zero-order valence-electron chi connectivity index (χ0n) is 13.9. The van der Waals surface area contributed by atoms with Crippen molar-refractivity contribution in [2.45, 2.75) is 4.90 Å². The van der Waals surface area contributed by atoms with Gasteiger partial charge in [-0.1, -0.05) is 22.0 Å². The number of hydrogen-bond acceptors (Lipinski definition) is 5. The number of fused-ring (bicyclic) bond motifs is 1. The third kappa shape index (κ3) is 4.17. The molecule has 2 aromatic carbocycles. The van der Waals surface area contributed by atoms with Gasteiger partial charge in [0, 0.05) is 23.3 Å². The zero-order chi connectivity index (χ0) is 18.7. The van der Waals surface area contributed by atoms with Crippen molar-refractivity contribution in [1.29, 1.82) is 0 Å². The second kappa shape index (κ2) is 7.65. The van der Waals surface area contributed by atoms with Gasteiger partial charge in [-0.25, -0.2) is 8.42 Å². The summed E-state index contributed by atoms with van der Waals surface area (Å²) in [5.41, 5.74) is 0.578. The molecule has 0 fully saturated rings. The maximum atomic E-state index is 12.7. The van der Waals surface area contributed by atoms with Gasteiger partial charge in [0.1, 0.15) is 13.2 Å². The monoisotopic (exact) mass is 440 g/mol. The number of hydrogen-bond donors (Lipinski definition) is 1. The van der Waals surface area contributed by atoms with Crippen LogP contribution in [0.15, 0.2) is 51.8 Å². The third-order valence-electron chi connectivity index (χ3n) is 3.70. The lowest BCUT2D eigenvalue weighted by atomic mass is 10.3. The second-order valence-corrected chi connectivity index (χ2v) is 8.59. The van der Waals surface area contributed by atoms with Crippen molar-refractivity contribution in [2.24, 2.45) is 0 Å². The van der Waals surface area contributed by atoms with Crippen molar-refractivity contribution in [3.8, 4) is 11.5 Å². The van der Waals surface area contributed by atoms with Gasteiger partial charge in [0.05, 0.1) is 11.4 Å². The van der Waals surface area contributed by atoms with Gasteiger partial charge in [0.2, 0.25) is 15.9 Å². The quantitative estimate of drug-likeness (QED) is 0.771. The minimum atomic E-state index is -3.84. The Hall–Kier alpha value is -2.10. The smallest absolute Gasteiger partial charge is 0.243 e. The lowest BCUT2D eigenvalue weighted by Gasteiger charge is -2.21. The molecule has 0 spiro atoms. The van der Waals surface area contributed by atoms with Gasteiger partial charge in [-0.2, -0.15) is 4.31 Å².